The molecule has 3 heteroatoms. The van der Waals surface area contributed by atoms with Crippen LogP contribution in [0.3, 0.4) is 0 Å². The second-order valence-electron chi connectivity index (χ2n) is 3.35. The summed E-state index contributed by atoms with van der Waals surface area (Å²) in [6.45, 7) is 0. The molecular weight excluding hydrogens is 166 g/mol. The molecule has 2 rings (SSSR count). The van der Waals surface area contributed by atoms with Crippen LogP contribution in [-0.4, -0.2) is 11.6 Å². The molecule has 0 bridgehead atoms. The van der Waals surface area contributed by atoms with Crippen LogP contribution in [0, 0.1) is 16.7 Å². The average Bonchev–Trinajstić information content (AvgIpc) is 2.90. The number of hydrogen-bond acceptors (Lipinski definition) is 3. The van der Waals surface area contributed by atoms with Gasteiger partial charge in [-0.25, -0.2) is 0 Å². The molecule has 0 saturated heterocycles. The van der Waals surface area contributed by atoms with E-state index in [0.29, 0.717) is 18.4 Å². The van der Waals surface area contributed by atoms with Gasteiger partial charge in [0.15, 0.2) is 11.6 Å². The molecule has 0 aromatic carbocycles. The van der Waals surface area contributed by atoms with Crippen molar-refractivity contribution < 1.29 is 9.59 Å². The van der Waals surface area contributed by atoms with Crippen molar-refractivity contribution in [3.05, 3.63) is 23.8 Å². The molecule has 2 aliphatic carbocycles. The SMILES string of the molecule is N#CC1(C2=CC(=O)C=CC2=O)CC1. The summed E-state index contributed by atoms with van der Waals surface area (Å²) in [5.41, 5.74) is -0.264. The fourth-order valence-corrected chi connectivity index (χ4v) is 1.45. The van der Waals surface area contributed by atoms with Gasteiger partial charge in [0.05, 0.1) is 11.5 Å². The molecule has 1 saturated carbocycles. The summed E-state index contributed by atoms with van der Waals surface area (Å²) < 4.78 is 0. The van der Waals surface area contributed by atoms with E-state index in [1.807, 2.05) is 0 Å². The van der Waals surface area contributed by atoms with Gasteiger partial charge in [-0.3, -0.25) is 9.59 Å². The molecule has 0 amide bonds. The van der Waals surface area contributed by atoms with E-state index in [9.17, 15) is 9.59 Å². The van der Waals surface area contributed by atoms with E-state index in [1.165, 1.54) is 18.2 Å². The summed E-state index contributed by atoms with van der Waals surface area (Å²) in [5, 5.41) is 8.83. The number of ketones is 2. The maximum Gasteiger partial charge on any atom is 0.183 e. The topological polar surface area (TPSA) is 57.9 Å². The Morgan fingerprint density at radius 3 is 2.54 bits per heavy atom. The minimum absolute atomic E-state index is 0.196. The Kier molecular flexibility index (Phi) is 1.46. The van der Waals surface area contributed by atoms with Gasteiger partial charge in [0, 0.05) is 5.57 Å². The number of carbonyl (C=O) groups is 2. The molecule has 0 heterocycles. The van der Waals surface area contributed by atoms with Crippen molar-refractivity contribution in [3.63, 3.8) is 0 Å². The van der Waals surface area contributed by atoms with Gasteiger partial charge in [0.2, 0.25) is 0 Å². The van der Waals surface area contributed by atoms with E-state index in [1.54, 1.807) is 0 Å². The van der Waals surface area contributed by atoms with Crippen molar-refractivity contribution in [2.75, 3.05) is 0 Å². The van der Waals surface area contributed by atoms with Gasteiger partial charge in [0.1, 0.15) is 0 Å². The maximum atomic E-state index is 11.3. The second kappa shape index (κ2) is 2.40. The molecule has 0 aromatic rings. The predicted octanol–water partition coefficient (Wildman–Crippen LogP) is 0.925. The lowest BCUT2D eigenvalue weighted by Gasteiger charge is -2.10. The van der Waals surface area contributed by atoms with Crippen LogP contribution < -0.4 is 0 Å². The Balaban J connectivity index is 2.39. The number of rotatable bonds is 1. The predicted molar refractivity (Wildman–Crippen MR) is 44.5 cm³/mol. The molecular formula is C10H7NO2. The molecule has 64 valence electrons. The van der Waals surface area contributed by atoms with Crippen LogP contribution in [0.25, 0.3) is 0 Å². The zero-order chi connectivity index (χ0) is 9.47. The molecule has 3 nitrogen and oxygen atoms in total. The van der Waals surface area contributed by atoms with Crippen LogP contribution >= 0.6 is 0 Å². The molecule has 1 fully saturated rings. The Bertz CT molecular complexity index is 392. The second-order valence-corrected chi connectivity index (χ2v) is 3.35. The largest absolute Gasteiger partial charge is 0.290 e. The van der Waals surface area contributed by atoms with Crippen molar-refractivity contribution in [1.82, 2.24) is 0 Å². The minimum Gasteiger partial charge on any atom is -0.290 e. The highest BCUT2D eigenvalue weighted by Gasteiger charge is 2.49. The third kappa shape index (κ3) is 1.11. The van der Waals surface area contributed by atoms with Crippen molar-refractivity contribution in [2.45, 2.75) is 12.8 Å². The number of hydrogen-bond donors (Lipinski definition) is 0. The third-order valence-electron chi connectivity index (χ3n) is 2.43. The molecule has 0 radical (unpaired) electrons. The minimum atomic E-state index is -0.641. The van der Waals surface area contributed by atoms with Crippen LogP contribution in [0.15, 0.2) is 23.8 Å². The molecule has 13 heavy (non-hydrogen) atoms. The van der Waals surface area contributed by atoms with E-state index in [2.05, 4.69) is 6.07 Å². The van der Waals surface area contributed by atoms with Gasteiger partial charge in [-0.1, -0.05) is 0 Å². The fraction of sp³-hybridized carbons (Fsp3) is 0.300. The maximum absolute atomic E-state index is 11.3. The smallest absolute Gasteiger partial charge is 0.183 e. The van der Waals surface area contributed by atoms with Crippen molar-refractivity contribution in [2.24, 2.45) is 5.41 Å². The zero-order valence-corrected chi connectivity index (χ0v) is 6.91. The van der Waals surface area contributed by atoms with Crippen molar-refractivity contribution in [1.29, 1.82) is 5.26 Å². The number of carbonyl (C=O) groups excluding carboxylic acids is 2. The van der Waals surface area contributed by atoms with E-state index >= 15 is 0 Å². The number of nitrogens with zero attached hydrogens (tertiary/aromatic N) is 1. The molecule has 0 atom stereocenters. The Morgan fingerprint density at radius 1 is 1.31 bits per heavy atom. The summed E-state index contributed by atoms with van der Waals surface area (Å²) in [6.07, 6.45) is 5.16. The highest BCUT2D eigenvalue weighted by Crippen LogP contribution is 2.51. The first-order chi connectivity index (χ1) is 6.18. The fourth-order valence-electron chi connectivity index (χ4n) is 1.45. The van der Waals surface area contributed by atoms with Crippen LogP contribution in [-0.2, 0) is 9.59 Å². The van der Waals surface area contributed by atoms with Gasteiger partial charge in [-0.2, -0.15) is 5.26 Å². The lowest BCUT2D eigenvalue weighted by molar-refractivity contribution is -0.114. The van der Waals surface area contributed by atoms with Gasteiger partial charge in [-0.15, -0.1) is 0 Å². The lowest BCUT2D eigenvalue weighted by atomic mass is 9.89. The van der Waals surface area contributed by atoms with Gasteiger partial charge >= 0.3 is 0 Å². The molecule has 0 spiro atoms. The van der Waals surface area contributed by atoms with Gasteiger partial charge in [0.25, 0.3) is 0 Å². The highest BCUT2D eigenvalue weighted by atomic mass is 16.1. The first-order valence-electron chi connectivity index (χ1n) is 4.08. The monoisotopic (exact) mass is 173 g/mol. The first kappa shape index (κ1) is 7.93. The van der Waals surface area contributed by atoms with Crippen LogP contribution in [0.2, 0.25) is 0 Å². The standard InChI is InChI=1S/C10H7NO2/c11-6-10(3-4-10)8-5-7(12)1-2-9(8)13/h1-2,5H,3-4H2. The number of allylic oxidation sites excluding steroid dienone is 4. The zero-order valence-electron chi connectivity index (χ0n) is 6.91. The Morgan fingerprint density at radius 2 is 2.00 bits per heavy atom. The van der Waals surface area contributed by atoms with E-state index in [4.69, 9.17) is 5.26 Å². The average molecular weight is 173 g/mol. The van der Waals surface area contributed by atoms with E-state index in [0.717, 1.165) is 0 Å². The highest BCUT2D eigenvalue weighted by molar-refractivity contribution is 6.18. The summed E-state index contributed by atoms with van der Waals surface area (Å²) in [6, 6.07) is 2.10. The van der Waals surface area contributed by atoms with Crippen LogP contribution in [0.5, 0.6) is 0 Å². The van der Waals surface area contributed by atoms with Crippen LogP contribution in [0.1, 0.15) is 12.8 Å². The quantitative estimate of drug-likeness (QED) is 0.554. The molecule has 0 aromatic heterocycles. The third-order valence-corrected chi connectivity index (χ3v) is 2.43. The molecule has 0 N–H and O–H groups in total. The van der Waals surface area contributed by atoms with E-state index < -0.39 is 5.41 Å². The Hall–Kier alpha value is -1.69. The molecule has 2 aliphatic rings. The van der Waals surface area contributed by atoms with Gasteiger partial charge in [-0.05, 0) is 31.1 Å². The summed E-state index contributed by atoms with van der Waals surface area (Å²) in [7, 11) is 0. The first-order valence-corrected chi connectivity index (χ1v) is 4.08. The lowest BCUT2D eigenvalue weighted by Crippen LogP contribution is -2.15. The van der Waals surface area contributed by atoms with Gasteiger partial charge < -0.3 is 0 Å². The van der Waals surface area contributed by atoms with E-state index in [-0.39, 0.29) is 11.6 Å². The molecule has 0 aliphatic heterocycles. The summed E-state index contributed by atoms with van der Waals surface area (Å²) in [5.74, 6) is -0.394. The van der Waals surface area contributed by atoms with Crippen molar-refractivity contribution >= 4 is 11.6 Å². The molecule has 0 unspecified atom stereocenters. The normalized spacial score (nSPS) is 23.8. The summed E-state index contributed by atoms with van der Waals surface area (Å²) in [4.78, 5) is 22.3. The summed E-state index contributed by atoms with van der Waals surface area (Å²) >= 11 is 0. The number of nitriles is 1. The Labute approximate surface area is 75.3 Å². The van der Waals surface area contributed by atoms with Crippen LogP contribution in [0.4, 0.5) is 0 Å². The van der Waals surface area contributed by atoms with Crippen molar-refractivity contribution in [3.8, 4) is 6.07 Å².